The van der Waals surface area contributed by atoms with Gasteiger partial charge in [-0.05, 0) is 43.4 Å². The molecule has 25 heavy (non-hydrogen) atoms. The zero-order valence-electron chi connectivity index (χ0n) is 14.4. The van der Waals surface area contributed by atoms with E-state index in [1.807, 2.05) is 0 Å². The molecule has 7 heteroatoms. The zero-order chi connectivity index (χ0) is 18.4. The fourth-order valence-electron chi connectivity index (χ4n) is 2.83. The van der Waals surface area contributed by atoms with Crippen molar-refractivity contribution in [3.8, 4) is 0 Å². The van der Waals surface area contributed by atoms with Crippen molar-refractivity contribution in [1.29, 1.82) is 0 Å². The van der Waals surface area contributed by atoms with Gasteiger partial charge in [0.05, 0.1) is 5.56 Å². The average Bonchev–Trinajstić information content (AvgIpc) is 2.57. The van der Waals surface area contributed by atoms with Gasteiger partial charge in [0.15, 0.2) is 6.61 Å². The van der Waals surface area contributed by atoms with Crippen LogP contribution in [0.1, 0.15) is 48.5 Å². The summed E-state index contributed by atoms with van der Waals surface area (Å²) >= 11 is 0. The minimum atomic E-state index is -0.824. The van der Waals surface area contributed by atoms with Crippen LogP contribution in [-0.2, 0) is 9.53 Å². The third-order valence-corrected chi connectivity index (χ3v) is 4.42. The van der Waals surface area contributed by atoms with Crippen LogP contribution >= 0.6 is 0 Å². The summed E-state index contributed by atoms with van der Waals surface area (Å²) in [4.78, 5) is 35.3. The lowest BCUT2D eigenvalue weighted by molar-refractivity contribution is -0.123. The van der Waals surface area contributed by atoms with E-state index >= 15 is 0 Å². The smallest absolute Gasteiger partial charge is 0.338 e. The Bertz CT molecular complexity index is 662. The second kappa shape index (κ2) is 8.60. The summed E-state index contributed by atoms with van der Waals surface area (Å²) in [6.07, 6.45) is 4.13. The number of ether oxygens (including phenoxy) is 1. The van der Waals surface area contributed by atoms with Crippen LogP contribution in [0.5, 0.6) is 0 Å². The number of nitrogens with one attached hydrogen (secondary N) is 2. The van der Waals surface area contributed by atoms with Crippen molar-refractivity contribution < 1.29 is 23.5 Å². The number of halogens is 1. The first-order valence-electron chi connectivity index (χ1n) is 8.40. The monoisotopic (exact) mass is 350 g/mol. The Morgan fingerprint density at radius 3 is 2.64 bits per heavy atom. The maximum absolute atomic E-state index is 13.4. The lowest BCUT2D eigenvalue weighted by Crippen LogP contribution is -2.48. The molecule has 2 atom stereocenters. The Hall–Kier alpha value is -2.44. The van der Waals surface area contributed by atoms with E-state index in [2.05, 4.69) is 17.6 Å². The van der Waals surface area contributed by atoms with Crippen molar-refractivity contribution in [2.75, 3.05) is 6.61 Å². The van der Waals surface area contributed by atoms with Gasteiger partial charge in [-0.3, -0.25) is 10.1 Å². The highest BCUT2D eigenvalue weighted by Crippen LogP contribution is 2.23. The molecule has 0 radical (unpaired) electrons. The van der Waals surface area contributed by atoms with Gasteiger partial charge in [-0.15, -0.1) is 0 Å². The molecule has 0 aromatic heterocycles. The third-order valence-electron chi connectivity index (χ3n) is 4.42. The van der Waals surface area contributed by atoms with E-state index in [1.165, 1.54) is 12.1 Å². The molecule has 2 rings (SSSR count). The molecular weight excluding hydrogens is 327 g/mol. The molecule has 6 nitrogen and oxygen atoms in total. The summed E-state index contributed by atoms with van der Waals surface area (Å²) in [5, 5.41) is 4.91. The third kappa shape index (κ3) is 5.55. The number of esters is 1. The molecular formula is C18H23FN2O4. The molecule has 1 saturated carbocycles. The first-order chi connectivity index (χ1) is 11.9. The van der Waals surface area contributed by atoms with Crippen LogP contribution in [0.3, 0.4) is 0 Å². The van der Waals surface area contributed by atoms with Crippen LogP contribution < -0.4 is 10.6 Å². The van der Waals surface area contributed by atoms with Crippen molar-refractivity contribution in [1.82, 2.24) is 10.6 Å². The molecule has 0 unspecified atom stereocenters. The number of hydrogen-bond donors (Lipinski definition) is 2. The van der Waals surface area contributed by atoms with Crippen molar-refractivity contribution in [3.05, 3.63) is 35.1 Å². The molecule has 1 fully saturated rings. The van der Waals surface area contributed by atoms with Crippen LogP contribution in [-0.4, -0.2) is 30.6 Å². The second-order valence-electron chi connectivity index (χ2n) is 6.43. The van der Waals surface area contributed by atoms with Gasteiger partial charge < -0.3 is 10.1 Å². The van der Waals surface area contributed by atoms with Gasteiger partial charge in [0.1, 0.15) is 5.82 Å². The van der Waals surface area contributed by atoms with Crippen molar-refractivity contribution >= 4 is 17.9 Å². The van der Waals surface area contributed by atoms with E-state index in [0.717, 1.165) is 31.7 Å². The topological polar surface area (TPSA) is 84.5 Å². The summed E-state index contributed by atoms with van der Waals surface area (Å²) in [6, 6.07) is 3.36. The van der Waals surface area contributed by atoms with Gasteiger partial charge in [0, 0.05) is 6.04 Å². The Morgan fingerprint density at radius 1 is 1.24 bits per heavy atom. The van der Waals surface area contributed by atoms with E-state index in [9.17, 15) is 18.8 Å². The van der Waals surface area contributed by atoms with Crippen molar-refractivity contribution in [3.63, 3.8) is 0 Å². The number of hydrogen-bond acceptors (Lipinski definition) is 4. The van der Waals surface area contributed by atoms with E-state index in [4.69, 9.17) is 4.74 Å². The molecule has 1 aromatic rings. The van der Waals surface area contributed by atoms with Crippen molar-refractivity contribution in [2.24, 2.45) is 5.92 Å². The minimum absolute atomic E-state index is 0.0105. The molecule has 3 amide bonds. The Balaban J connectivity index is 1.76. The Morgan fingerprint density at radius 2 is 1.96 bits per heavy atom. The number of aryl methyl sites for hydroxylation is 1. The lowest BCUT2D eigenvalue weighted by Gasteiger charge is -2.29. The number of imide groups is 1. The summed E-state index contributed by atoms with van der Waals surface area (Å²) in [7, 11) is 0. The number of benzene rings is 1. The summed E-state index contributed by atoms with van der Waals surface area (Å²) in [6.45, 7) is 3.03. The predicted molar refractivity (Wildman–Crippen MR) is 89.5 cm³/mol. The number of rotatable bonds is 4. The second-order valence-corrected chi connectivity index (χ2v) is 6.43. The Kier molecular flexibility index (Phi) is 6.50. The molecule has 1 aromatic carbocycles. The van der Waals surface area contributed by atoms with Gasteiger partial charge in [-0.1, -0.05) is 25.8 Å². The minimum Gasteiger partial charge on any atom is -0.452 e. The molecule has 1 aliphatic rings. The number of urea groups is 1. The quantitative estimate of drug-likeness (QED) is 0.818. The fourth-order valence-corrected chi connectivity index (χ4v) is 2.83. The lowest BCUT2D eigenvalue weighted by atomic mass is 9.86. The average molecular weight is 350 g/mol. The highest BCUT2D eigenvalue weighted by Gasteiger charge is 2.23. The van der Waals surface area contributed by atoms with Crippen LogP contribution in [0.4, 0.5) is 9.18 Å². The van der Waals surface area contributed by atoms with Gasteiger partial charge in [0.2, 0.25) is 0 Å². The molecule has 136 valence electrons. The zero-order valence-corrected chi connectivity index (χ0v) is 14.4. The van der Waals surface area contributed by atoms with Gasteiger partial charge in [-0.25, -0.2) is 14.0 Å². The van der Waals surface area contributed by atoms with Gasteiger partial charge in [0.25, 0.3) is 5.91 Å². The first kappa shape index (κ1) is 18.9. The molecule has 0 heterocycles. The SMILES string of the molecule is Cc1ccc(C(=O)OCC(=O)NC(=O)N[C@@H]2CCCC[C@@H]2C)cc1F. The van der Waals surface area contributed by atoms with Crippen LogP contribution in [0.2, 0.25) is 0 Å². The first-order valence-corrected chi connectivity index (χ1v) is 8.40. The maximum atomic E-state index is 13.4. The van der Waals surface area contributed by atoms with E-state index < -0.39 is 30.3 Å². The van der Waals surface area contributed by atoms with Gasteiger partial charge >= 0.3 is 12.0 Å². The van der Waals surface area contributed by atoms with E-state index in [0.29, 0.717) is 11.5 Å². The fraction of sp³-hybridized carbons (Fsp3) is 0.500. The maximum Gasteiger partial charge on any atom is 0.338 e. The molecule has 2 N–H and O–H groups in total. The van der Waals surface area contributed by atoms with Crippen LogP contribution in [0.15, 0.2) is 18.2 Å². The normalized spacial score (nSPS) is 19.8. The number of amides is 3. The molecule has 1 aliphatic carbocycles. The predicted octanol–water partition coefficient (Wildman–Crippen LogP) is 2.70. The standard InChI is InChI=1S/C18H23FN2O4/c1-11-7-8-13(9-14(11)19)17(23)25-10-16(22)21-18(24)20-15-6-4-3-5-12(15)2/h7-9,12,15H,3-6,10H2,1-2H3,(H2,20,21,22,24)/t12-,15+/m0/s1. The molecule has 0 bridgehead atoms. The molecule has 0 aliphatic heterocycles. The summed E-state index contributed by atoms with van der Waals surface area (Å²) in [5.74, 6) is -1.72. The molecule has 0 spiro atoms. The molecule has 0 saturated heterocycles. The largest absolute Gasteiger partial charge is 0.452 e. The summed E-state index contributed by atoms with van der Waals surface area (Å²) in [5.41, 5.74) is 0.416. The van der Waals surface area contributed by atoms with Crippen LogP contribution in [0, 0.1) is 18.7 Å². The van der Waals surface area contributed by atoms with Gasteiger partial charge in [-0.2, -0.15) is 0 Å². The van der Waals surface area contributed by atoms with E-state index in [-0.39, 0.29) is 11.6 Å². The van der Waals surface area contributed by atoms with E-state index in [1.54, 1.807) is 6.92 Å². The number of carbonyl (C=O) groups excluding carboxylic acids is 3. The number of carbonyl (C=O) groups is 3. The Labute approximate surface area is 146 Å². The van der Waals surface area contributed by atoms with Crippen LogP contribution in [0.25, 0.3) is 0 Å². The summed E-state index contributed by atoms with van der Waals surface area (Å²) < 4.78 is 18.2. The highest BCUT2D eigenvalue weighted by molar-refractivity contribution is 5.97. The van der Waals surface area contributed by atoms with Crippen molar-refractivity contribution in [2.45, 2.75) is 45.6 Å². The highest BCUT2D eigenvalue weighted by atomic mass is 19.1.